The highest BCUT2D eigenvalue weighted by atomic mass is 16.7. The summed E-state index contributed by atoms with van der Waals surface area (Å²) in [6.07, 6.45) is -11.6. The Kier molecular flexibility index (Phi) is 6.16. The van der Waals surface area contributed by atoms with Crippen molar-refractivity contribution in [1.82, 2.24) is 0 Å². The minimum atomic E-state index is -1.87. The average molecular weight is 482 g/mol. The number of hydrogen-bond acceptors (Lipinski definition) is 13. The average Bonchev–Trinajstić information content (AvgIpc) is 2.78. The third-order valence-corrected chi connectivity index (χ3v) is 5.62. The first-order valence-electron chi connectivity index (χ1n) is 10.0. The number of Topliss-reactive ketones (excluding diaryl/α,β-unsaturated/α-hetero) is 1. The maximum Gasteiger partial charge on any atom is 0.229 e. The zero-order valence-electron chi connectivity index (χ0n) is 17.2. The van der Waals surface area contributed by atoms with Crippen molar-refractivity contribution < 1.29 is 65.0 Å². The molecular weight excluding hydrogens is 460 g/mol. The molecule has 1 fully saturated rings. The second kappa shape index (κ2) is 8.79. The van der Waals surface area contributed by atoms with Gasteiger partial charge in [0.1, 0.15) is 47.2 Å². The molecule has 7 atom stereocenters. The number of phenols is 4. The van der Waals surface area contributed by atoms with Crippen molar-refractivity contribution in [2.24, 2.45) is 0 Å². The third kappa shape index (κ3) is 3.94. The Hall–Kier alpha value is -3.33. The van der Waals surface area contributed by atoms with Crippen LogP contribution < -0.4 is 9.47 Å². The van der Waals surface area contributed by atoms with Gasteiger partial charge in [-0.25, -0.2) is 0 Å². The van der Waals surface area contributed by atoms with Gasteiger partial charge in [-0.1, -0.05) is 0 Å². The Morgan fingerprint density at radius 1 is 0.882 bits per heavy atom. The highest BCUT2D eigenvalue weighted by Gasteiger charge is 2.45. The molecule has 2 aromatic carbocycles. The minimum absolute atomic E-state index is 0.0933. The molecule has 2 heterocycles. The van der Waals surface area contributed by atoms with Crippen LogP contribution >= 0.6 is 0 Å². The zero-order valence-corrected chi connectivity index (χ0v) is 17.2. The summed E-state index contributed by atoms with van der Waals surface area (Å²) in [5, 5.41) is 89.8. The van der Waals surface area contributed by atoms with E-state index in [4.69, 9.17) is 14.2 Å². The number of phenolic OH excluding ortho intramolecular Hbond substituents is 4. The summed E-state index contributed by atoms with van der Waals surface area (Å²) in [5.74, 6) is -4.34. The van der Waals surface area contributed by atoms with E-state index < -0.39 is 84.1 Å². The molecule has 13 nitrogen and oxygen atoms in total. The normalized spacial score (nSPS) is 31.0. The SMILES string of the molecule is O=C1c2c(O)cc(O)cc2O[C@H](c2cc(O)c(O)c(O[C@@H]3O[C@H](CO)[C@@H](O)[C@H](O)[C@H]3O)c2)[C@H]1O. The summed E-state index contributed by atoms with van der Waals surface area (Å²) in [6.45, 7) is -0.731. The predicted octanol–water partition coefficient (Wildman–Crippen LogP) is -1.64. The maximum atomic E-state index is 12.6. The van der Waals surface area contributed by atoms with Gasteiger partial charge in [-0.2, -0.15) is 0 Å². The second-order valence-corrected chi connectivity index (χ2v) is 7.89. The molecule has 0 radical (unpaired) electrons. The Morgan fingerprint density at radius 3 is 2.26 bits per heavy atom. The van der Waals surface area contributed by atoms with Crippen LogP contribution in [0.3, 0.4) is 0 Å². The number of carbonyl (C=O) groups excluding carboxylic acids is 1. The van der Waals surface area contributed by atoms with E-state index in [1.165, 1.54) is 0 Å². The van der Waals surface area contributed by atoms with Gasteiger partial charge in [-0.05, 0) is 12.1 Å². The molecule has 0 saturated carbocycles. The number of aromatic hydroxyl groups is 4. The van der Waals surface area contributed by atoms with E-state index in [1.54, 1.807) is 0 Å². The summed E-state index contributed by atoms with van der Waals surface area (Å²) in [7, 11) is 0. The molecule has 2 aromatic rings. The van der Waals surface area contributed by atoms with E-state index in [1.807, 2.05) is 0 Å². The first kappa shape index (κ1) is 23.8. The molecular formula is C21H22O13. The zero-order chi connectivity index (χ0) is 24.9. The second-order valence-electron chi connectivity index (χ2n) is 7.89. The van der Waals surface area contributed by atoms with E-state index in [0.717, 1.165) is 24.3 Å². The van der Waals surface area contributed by atoms with E-state index in [2.05, 4.69) is 0 Å². The van der Waals surface area contributed by atoms with Crippen molar-refractivity contribution in [3.63, 3.8) is 0 Å². The van der Waals surface area contributed by atoms with Crippen LogP contribution in [0.4, 0.5) is 0 Å². The van der Waals surface area contributed by atoms with Crippen LogP contribution in [-0.2, 0) is 4.74 Å². The lowest BCUT2D eigenvalue weighted by Gasteiger charge is -2.39. The van der Waals surface area contributed by atoms with Gasteiger partial charge >= 0.3 is 0 Å². The van der Waals surface area contributed by atoms with Crippen LogP contribution in [-0.4, -0.2) is 95.2 Å². The van der Waals surface area contributed by atoms with Crippen molar-refractivity contribution in [2.75, 3.05) is 6.61 Å². The molecule has 0 bridgehead atoms. The first-order chi connectivity index (χ1) is 16.0. The number of fused-ring (bicyclic) bond motifs is 1. The van der Waals surface area contributed by atoms with E-state index in [-0.39, 0.29) is 16.9 Å². The molecule has 34 heavy (non-hydrogen) atoms. The van der Waals surface area contributed by atoms with Crippen LogP contribution in [0.25, 0.3) is 0 Å². The van der Waals surface area contributed by atoms with Gasteiger partial charge in [0.05, 0.1) is 6.61 Å². The monoisotopic (exact) mass is 482 g/mol. The van der Waals surface area contributed by atoms with E-state index >= 15 is 0 Å². The van der Waals surface area contributed by atoms with Gasteiger partial charge in [0, 0.05) is 17.7 Å². The topological polar surface area (TPSA) is 227 Å². The van der Waals surface area contributed by atoms with E-state index in [9.17, 15) is 50.8 Å². The van der Waals surface area contributed by atoms with Crippen LogP contribution in [0.5, 0.6) is 34.5 Å². The van der Waals surface area contributed by atoms with Gasteiger partial charge in [0.2, 0.25) is 17.8 Å². The standard InChI is InChI=1S/C21H22O13/c22-5-12-15(27)17(29)19(31)21(34-12)33-11-2-6(1-9(25)14(11)26)20-18(30)16(28)13-8(24)3-7(23)4-10(13)32-20/h1-4,12,15,17-27,29-31H,5H2/t12-,15-,17+,18+,19-,20-,21-/m1/s1. The minimum Gasteiger partial charge on any atom is -0.508 e. The lowest BCUT2D eigenvalue weighted by Crippen LogP contribution is -2.60. The fourth-order valence-corrected chi connectivity index (χ4v) is 3.82. The number of hydrogen-bond donors (Lipinski definition) is 9. The van der Waals surface area contributed by atoms with Gasteiger partial charge in [0.15, 0.2) is 23.7 Å². The highest BCUT2D eigenvalue weighted by Crippen LogP contribution is 2.45. The molecule has 2 aliphatic heterocycles. The fourth-order valence-electron chi connectivity index (χ4n) is 3.82. The molecule has 184 valence electrons. The van der Waals surface area contributed by atoms with Crippen molar-refractivity contribution in [2.45, 2.75) is 42.9 Å². The third-order valence-electron chi connectivity index (χ3n) is 5.62. The number of rotatable bonds is 4. The summed E-state index contributed by atoms with van der Waals surface area (Å²) in [6, 6.07) is 3.94. The smallest absolute Gasteiger partial charge is 0.229 e. The van der Waals surface area contributed by atoms with Crippen molar-refractivity contribution >= 4 is 5.78 Å². The molecule has 9 N–H and O–H groups in total. The molecule has 0 aromatic heterocycles. The van der Waals surface area contributed by atoms with Gasteiger partial charge in [0.25, 0.3) is 0 Å². The number of aliphatic hydroxyl groups is 5. The van der Waals surface area contributed by atoms with Crippen LogP contribution in [0.15, 0.2) is 24.3 Å². The van der Waals surface area contributed by atoms with Crippen molar-refractivity contribution in [3.05, 3.63) is 35.4 Å². The first-order valence-corrected chi connectivity index (χ1v) is 10.0. The highest BCUT2D eigenvalue weighted by molar-refractivity contribution is 6.05. The molecule has 4 rings (SSSR count). The molecule has 0 amide bonds. The molecule has 13 heteroatoms. The Morgan fingerprint density at radius 2 is 1.59 bits per heavy atom. The summed E-state index contributed by atoms with van der Waals surface area (Å²) >= 11 is 0. The summed E-state index contributed by atoms with van der Waals surface area (Å²) in [5.41, 5.74) is -0.452. The number of ketones is 1. The molecule has 1 saturated heterocycles. The quantitative estimate of drug-likeness (QED) is 0.223. The predicted molar refractivity (Wildman–Crippen MR) is 108 cm³/mol. The maximum absolute atomic E-state index is 12.6. The van der Waals surface area contributed by atoms with Crippen LogP contribution in [0.2, 0.25) is 0 Å². The summed E-state index contributed by atoms with van der Waals surface area (Å²) < 4.78 is 16.1. The number of benzene rings is 2. The lowest BCUT2D eigenvalue weighted by molar-refractivity contribution is -0.277. The molecule has 0 unspecified atom stereocenters. The van der Waals surface area contributed by atoms with Crippen molar-refractivity contribution in [1.29, 1.82) is 0 Å². The van der Waals surface area contributed by atoms with Crippen LogP contribution in [0.1, 0.15) is 22.0 Å². The number of carbonyl (C=O) groups is 1. The van der Waals surface area contributed by atoms with Gasteiger partial charge in [-0.15, -0.1) is 0 Å². The van der Waals surface area contributed by atoms with E-state index in [0.29, 0.717) is 0 Å². The van der Waals surface area contributed by atoms with Gasteiger partial charge < -0.3 is 60.2 Å². The Balaban J connectivity index is 1.68. The number of ether oxygens (including phenoxy) is 3. The molecule has 0 spiro atoms. The number of aliphatic hydroxyl groups excluding tert-OH is 5. The van der Waals surface area contributed by atoms with Gasteiger partial charge in [-0.3, -0.25) is 4.79 Å². The fraction of sp³-hybridized carbons (Fsp3) is 0.381. The Labute approximate surface area is 190 Å². The molecule has 0 aliphatic carbocycles. The molecule has 2 aliphatic rings. The van der Waals surface area contributed by atoms with Crippen molar-refractivity contribution in [3.8, 4) is 34.5 Å². The lowest BCUT2D eigenvalue weighted by atomic mass is 9.92. The summed E-state index contributed by atoms with van der Waals surface area (Å²) in [4.78, 5) is 12.6. The largest absolute Gasteiger partial charge is 0.508 e. The Bertz CT molecular complexity index is 1100. The van der Waals surface area contributed by atoms with Crippen LogP contribution in [0, 0.1) is 0 Å².